The molecule has 0 saturated carbocycles. The molecule has 3 aromatic heterocycles. The standard InChI is InChI=1S/C27H25F2N9O4S/c1-43(40,41)34-19-7-8-22-20(16-19)31-25(42-22)18-9-10-30-21(15-18)26(39)37-13-11-36(12-14-37)23(17-5-3-2-4-6-17)24-32-35-38(33-24)27(28)29/h2-10,15-16,23,27,34H,11-14H2,1H3/t23-/m0/s1. The molecular weight excluding hydrogens is 584 g/mol. The highest BCUT2D eigenvalue weighted by Crippen LogP contribution is 2.29. The number of aromatic nitrogens is 6. The Morgan fingerprint density at radius 3 is 2.49 bits per heavy atom. The predicted molar refractivity (Wildman–Crippen MR) is 151 cm³/mol. The number of fused-ring (bicyclic) bond motifs is 1. The molecule has 1 N–H and O–H groups in total. The van der Waals surface area contributed by atoms with Crippen molar-refractivity contribution in [2.75, 3.05) is 37.2 Å². The molecule has 0 bridgehead atoms. The fraction of sp³-hybridized carbons (Fsp3) is 0.259. The van der Waals surface area contributed by atoms with Gasteiger partial charge in [0.25, 0.3) is 5.91 Å². The number of pyridine rings is 1. The lowest BCUT2D eigenvalue weighted by atomic mass is 10.0. The van der Waals surface area contributed by atoms with E-state index in [1.54, 1.807) is 35.2 Å². The van der Waals surface area contributed by atoms with Gasteiger partial charge in [-0.15, -0.1) is 10.2 Å². The molecule has 1 saturated heterocycles. The van der Waals surface area contributed by atoms with Gasteiger partial charge in [0.05, 0.1) is 18.0 Å². The average molecular weight is 610 g/mol. The Hall–Kier alpha value is -4.83. The van der Waals surface area contributed by atoms with Gasteiger partial charge in [0, 0.05) is 37.9 Å². The molecule has 1 atom stereocenters. The molecule has 2 aromatic carbocycles. The largest absolute Gasteiger partial charge is 0.436 e. The first kappa shape index (κ1) is 28.3. The highest BCUT2D eigenvalue weighted by atomic mass is 32.2. The third-order valence-electron chi connectivity index (χ3n) is 6.86. The number of hydrogen-bond donors (Lipinski definition) is 1. The van der Waals surface area contributed by atoms with Crippen molar-refractivity contribution >= 4 is 32.7 Å². The first-order chi connectivity index (χ1) is 20.6. The van der Waals surface area contributed by atoms with Crippen molar-refractivity contribution in [3.05, 3.63) is 83.9 Å². The van der Waals surface area contributed by atoms with Crippen LogP contribution < -0.4 is 4.72 Å². The normalized spacial score (nSPS) is 15.2. The number of oxazole rings is 1. The lowest BCUT2D eigenvalue weighted by molar-refractivity contribution is 0.0385. The van der Waals surface area contributed by atoms with Gasteiger partial charge in [-0.3, -0.25) is 19.4 Å². The first-order valence-electron chi connectivity index (χ1n) is 13.2. The number of halogens is 2. The van der Waals surface area contributed by atoms with Crippen molar-refractivity contribution < 1.29 is 26.4 Å². The van der Waals surface area contributed by atoms with Crippen molar-refractivity contribution in [2.24, 2.45) is 0 Å². The van der Waals surface area contributed by atoms with Gasteiger partial charge in [-0.05, 0) is 41.1 Å². The summed E-state index contributed by atoms with van der Waals surface area (Å²) < 4.78 is 57.7. The second kappa shape index (κ2) is 11.4. The number of sulfonamides is 1. The molecule has 0 unspecified atom stereocenters. The van der Waals surface area contributed by atoms with Crippen molar-refractivity contribution in [3.63, 3.8) is 0 Å². The number of amides is 1. The van der Waals surface area contributed by atoms with Crippen LogP contribution in [0.15, 0.2) is 71.3 Å². The maximum Gasteiger partial charge on any atom is 0.350 e. The van der Waals surface area contributed by atoms with Crippen LogP contribution in [0, 0.1) is 0 Å². The Balaban J connectivity index is 1.18. The summed E-state index contributed by atoms with van der Waals surface area (Å²) in [6, 6.07) is 16.8. The molecule has 222 valence electrons. The minimum atomic E-state index is -3.46. The number of carbonyl (C=O) groups is 1. The molecule has 13 nitrogen and oxygen atoms in total. The summed E-state index contributed by atoms with van der Waals surface area (Å²) in [5.41, 5.74) is 2.80. The zero-order chi connectivity index (χ0) is 30.1. The van der Waals surface area contributed by atoms with Crippen LogP contribution in [0.4, 0.5) is 14.5 Å². The molecule has 16 heteroatoms. The second-order valence-electron chi connectivity index (χ2n) is 9.89. The Kier molecular flexibility index (Phi) is 7.53. The monoisotopic (exact) mass is 609 g/mol. The number of nitrogens with zero attached hydrogens (tertiary/aromatic N) is 8. The number of nitrogens with one attached hydrogen (secondary N) is 1. The number of hydrogen-bond acceptors (Lipinski definition) is 10. The lowest BCUT2D eigenvalue weighted by Crippen LogP contribution is -2.50. The predicted octanol–water partition coefficient (Wildman–Crippen LogP) is 3.19. The topological polar surface area (TPSA) is 152 Å². The summed E-state index contributed by atoms with van der Waals surface area (Å²) in [5.74, 6) is 0.122. The van der Waals surface area contributed by atoms with Crippen molar-refractivity contribution in [3.8, 4) is 11.5 Å². The van der Waals surface area contributed by atoms with E-state index in [9.17, 15) is 22.0 Å². The highest BCUT2D eigenvalue weighted by Gasteiger charge is 2.32. The van der Waals surface area contributed by atoms with Gasteiger partial charge in [0.2, 0.25) is 15.9 Å². The van der Waals surface area contributed by atoms with Crippen LogP contribution in [-0.4, -0.2) is 86.7 Å². The van der Waals surface area contributed by atoms with Crippen molar-refractivity contribution in [1.29, 1.82) is 0 Å². The summed E-state index contributed by atoms with van der Waals surface area (Å²) in [7, 11) is -3.46. The molecule has 0 aliphatic carbocycles. The van der Waals surface area contributed by atoms with Gasteiger partial charge in [0.1, 0.15) is 11.2 Å². The van der Waals surface area contributed by atoms with E-state index in [4.69, 9.17) is 4.42 Å². The van der Waals surface area contributed by atoms with E-state index >= 15 is 0 Å². The molecule has 5 aromatic rings. The fourth-order valence-corrected chi connectivity index (χ4v) is 5.50. The van der Waals surface area contributed by atoms with E-state index in [0.29, 0.717) is 48.5 Å². The van der Waals surface area contributed by atoms with Crippen LogP contribution in [0.2, 0.25) is 0 Å². The molecule has 1 aliphatic rings. The Morgan fingerprint density at radius 1 is 1.02 bits per heavy atom. The van der Waals surface area contributed by atoms with Gasteiger partial charge in [-0.1, -0.05) is 35.1 Å². The summed E-state index contributed by atoms with van der Waals surface area (Å²) >= 11 is 0. The molecule has 4 heterocycles. The van der Waals surface area contributed by atoms with Crippen molar-refractivity contribution in [1.82, 2.24) is 40.0 Å². The lowest BCUT2D eigenvalue weighted by Gasteiger charge is -2.38. The van der Waals surface area contributed by atoms with Gasteiger partial charge >= 0.3 is 6.55 Å². The van der Waals surface area contributed by atoms with Crippen LogP contribution in [0.3, 0.4) is 0 Å². The maximum atomic E-state index is 13.4. The quantitative estimate of drug-likeness (QED) is 0.278. The zero-order valence-electron chi connectivity index (χ0n) is 22.7. The number of tetrazole rings is 1. The summed E-state index contributed by atoms with van der Waals surface area (Å²) in [5, 5.41) is 11.3. The smallest absolute Gasteiger partial charge is 0.350 e. The van der Waals surface area contributed by atoms with E-state index in [1.165, 1.54) is 6.20 Å². The van der Waals surface area contributed by atoms with Gasteiger partial charge < -0.3 is 9.32 Å². The molecule has 43 heavy (non-hydrogen) atoms. The van der Waals surface area contributed by atoms with Gasteiger partial charge in [-0.2, -0.15) is 8.78 Å². The molecule has 1 amide bonds. The first-order valence-corrected chi connectivity index (χ1v) is 15.0. The average Bonchev–Trinajstić information content (AvgIpc) is 3.65. The summed E-state index contributed by atoms with van der Waals surface area (Å²) in [6.45, 7) is -1.32. The van der Waals surface area contributed by atoms with Crippen LogP contribution in [0.25, 0.3) is 22.6 Å². The maximum absolute atomic E-state index is 13.4. The number of alkyl halides is 2. The van der Waals surface area contributed by atoms with E-state index < -0.39 is 22.6 Å². The number of anilines is 1. The van der Waals surface area contributed by atoms with E-state index in [1.807, 2.05) is 35.2 Å². The molecular formula is C27H25F2N9O4S. The third-order valence-corrected chi connectivity index (χ3v) is 7.47. The van der Waals surface area contributed by atoms with Gasteiger partial charge in [-0.25, -0.2) is 13.4 Å². The van der Waals surface area contributed by atoms with Crippen LogP contribution in [-0.2, 0) is 10.0 Å². The SMILES string of the molecule is CS(=O)(=O)Nc1ccc2oc(-c3ccnc(C(=O)N4CCN([C@@H](c5ccccc5)c5nnn(C(F)F)n5)CC4)c3)nc2c1. The highest BCUT2D eigenvalue weighted by molar-refractivity contribution is 7.92. The van der Waals surface area contributed by atoms with E-state index in [-0.39, 0.29) is 28.1 Å². The van der Waals surface area contributed by atoms with Gasteiger partial charge in [0.15, 0.2) is 11.4 Å². The summed E-state index contributed by atoms with van der Waals surface area (Å²) in [4.78, 5) is 26.1. The fourth-order valence-electron chi connectivity index (χ4n) is 4.94. The number of carbonyl (C=O) groups excluding carboxylic acids is 1. The third kappa shape index (κ3) is 6.19. The molecule has 0 radical (unpaired) electrons. The Labute approximate surface area is 244 Å². The molecule has 1 aliphatic heterocycles. The van der Waals surface area contributed by atoms with E-state index in [2.05, 4.69) is 30.1 Å². The number of benzene rings is 2. The molecule has 0 spiro atoms. The van der Waals surface area contributed by atoms with Crippen molar-refractivity contribution in [2.45, 2.75) is 12.6 Å². The minimum absolute atomic E-state index is 0.151. The minimum Gasteiger partial charge on any atom is -0.436 e. The second-order valence-corrected chi connectivity index (χ2v) is 11.6. The summed E-state index contributed by atoms with van der Waals surface area (Å²) in [6.07, 6.45) is 2.55. The number of rotatable bonds is 8. The Morgan fingerprint density at radius 2 is 1.79 bits per heavy atom. The van der Waals surface area contributed by atoms with E-state index in [0.717, 1.165) is 11.8 Å². The Bertz CT molecular complexity index is 1870. The zero-order valence-corrected chi connectivity index (χ0v) is 23.5. The number of piperazine rings is 1. The van der Waals surface area contributed by atoms with Crippen LogP contribution in [0.5, 0.6) is 0 Å². The molecule has 1 fully saturated rings. The van der Waals surface area contributed by atoms with Crippen LogP contribution >= 0.6 is 0 Å². The molecule has 6 rings (SSSR count). The van der Waals surface area contributed by atoms with Crippen LogP contribution in [0.1, 0.15) is 34.5 Å².